The van der Waals surface area contributed by atoms with Crippen LogP contribution in [0.1, 0.15) is 0 Å². The molecule has 2 N–H and O–H groups in total. The lowest BCUT2D eigenvalue weighted by Gasteiger charge is -2.21. The summed E-state index contributed by atoms with van der Waals surface area (Å²) in [5.41, 5.74) is 0.432. The molecular formula is C12H14Cl2N2O2. The number of amides is 2. The van der Waals surface area contributed by atoms with Gasteiger partial charge in [-0.05, 0) is 12.1 Å². The van der Waals surface area contributed by atoms with Crippen molar-refractivity contribution < 1.29 is 9.90 Å². The number of urea groups is 1. The molecule has 6 heteroatoms. The largest absolute Gasteiger partial charge is 0.395 e. The Kier molecular flexibility index (Phi) is 5.98. The van der Waals surface area contributed by atoms with Gasteiger partial charge in [0.2, 0.25) is 0 Å². The van der Waals surface area contributed by atoms with Gasteiger partial charge in [-0.25, -0.2) is 4.79 Å². The second kappa shape index (κ2) is 7.26. The molecular weight excluding hydrogens is 275 g/mol. The molecule has 0 aliphatic heterocycles. The van der Waals surface area contributed by atoms with Crippen LogP contribution in [-0.4, -0.2) is 35.7 Å². The number of nitrogens with zero attached hydrogens (tertiary/aromatic N) is 1. The minimum absolute atomic E-state index is 0.120. The number of benzene rings is 1. The van der Waals surface area contributed by atoms with Crippen molar-refractivity contribution in [2.24, 2.45) is 0 Å². The molecule has 4 nitrogen and oxygen atoms in total. The van der Waals surface area contributed by atoms with E-state index in [1.54, 1.807) is 24.3 Å². The van der Waals surface area contributed by atoms with E-state index in [9.17, 15) is 4.79 Å². The predicted octanol–water partition coefficient (Wildman–Crippen LogP) is 3.01. The molecule has 0 aliphatic carbocycles. The first-order chi connectivity index (χ1) is 8.60. The highest BCUT2D eigenvalue weighted by atomic mass is 35.5. The monoisotopic (exact) mass is 288 g/mol. The summed E-state index contributed by atoms with van der Waals surface area (Å²) >= 11 is 11.8. The summed E-state index contributed by atoms with van der Waals surface area (Å²) in [6.07, 6.45) is 1.58. The maximum atomic E-state index is 11.9. The molecule has 1 aromatic carbocycles. The van der Waals surface area contributed by atoms with Gasteiger partial charge in [0.25, 0.3) is 0 Å². The zero-order valence-electron chi connectivity index (χ0n) is 9.70. The molecule has 0 heterocycles. The van der Waals surface area contributed by atoms with Gasteiger partial charge in [0.1, 0.15) is 0 Å². The molecule has 1 aromatic rings. The normalized spacial score (nSPS) is 9.94. The predicted molar refractivity (Wildman–Crippen MR) is 74.3 cm³/mol. The van der Waals surface area contributed by atoms with Gasteiger partial charge in [0, 0.05) is 13.1 Å². The first-order valence-electron chi connectivity index (χ1n) is 5.31. The topological polar surface area (TPSA) is 52.6 Å². The zero-order valence-corrected chi connectivity index (χ0v) is 11.2. The van der Waals surface area contributed by atoms with Crippen molar-refractivity contribution in [1.82, 2.24) is 4.90 Å². The summed E-state index contributed by atoms with van der Waals surface area (Å²) in [6.45, 7) is 3.99. The average molecular weight is 289 g/mol. The van der Waals surface area contributed by atoms with Gasteiger partial charge in [-0.1, -0.05) is 35.3 Å². The molecule has 0 saturated heterocycles. The second-order valence-corrected chi connectivity index (χ2v) is 4.27. The first-order valence-corrected chi connectivity index (χ1v) is 6.07. The minimum Gasteiger partial charge on any atom is -0.395 e. The maximum Gasteiger partial charge on any atom is 0.322 e. The van der Waals surface area contributed by atoms with E-state index in [0.29, 0.717) is 17.3 Å². The third-order valence-corrected chi connectivity index (χ3v) is 3.02. The molecule has 0 spiro atoms. The summed E-state index contributed by atoms with van der Waals surface area (Å²) in [5, 5.41) is 12.2. The quantitative estimate of drug-likeness (QED) is 0.819. The van der Waals surface area contributed by atoms with Crippen molar-refractivity contribution in [3.63, 3.8) is 0 Å². The molecule has 0 unspecified atom stereocenters. The Morgan fingerprint density at radius 3 is 2.83 bits per heavy atom. The first kappa shape index (κ1) is 14.8. The highest BCUT2D eigenvalue weighted by molar-refractivity contribution is 6.43. The van der Waals surface area contributed by atoms with E-state index in [1.165, 1.54) is 4.90 Å². The fourth-order valence-electron chi connectivity index (χ4n) is 1.35. The van der Waals surface area contributed by atoms with Gasteiger partial charge in [-0.3, -0.25) is 0 Å². The van der Waals surface area contributed by atoms with E-state index < -0.39 is 0 Å². The zero-order chi connectivity index (χ0) is 13.5. The van der Waals surface area contributed by atoms with Crippen LogP contribution in [0.2, 0.25) is 10.0 Å². The minimum atomic E-state index is -0.367. The molecule has 0 bridgehead atoms. The number of hydrogen-bond donors (Lipinski definition) is 2. The van der Waals surface area contributed by atoms with Crippen molar-refractivity contribution >= 4 is 34.9 Å². The molecule has 0 saturated carbocycles. The van der Waals surface area contributed by atoms with Gasteiger partial charge < -0.3 is 15.3 Å². The van der Waals surface area contributed by atoms with Gasteiger partial charge in [0.05, 0.1) is 22.3 Å². The van der Waals surface area contributed by atoms with Crippen molar-refractivity contribution in [3.05, 3.63) is 40.9 Å². The highest BCUT2D eigenvalue weighted by Gasteiger charge is 2.13. The summed E-state index contributed by atoms with van der Waals surface area (Å²) in [4.78, 5) is 13.3. The molecule has 2 amide bonds. The van der Waals surface area contributed by atoms with Crippen molar-refractivity contribution in [1.29, 1.82) is 0 Å². The summed E-state index contributed by atoms with van der Waals surface area (Å²) in [7, 11) is 0. The van der Waals surface area contributed by atoms with E-state index in [-0.39, 0.29) is 24.2 Å². The number of hydrogen-bond acceptors (Lipinski definition) is 2. The smallest absolute Gasteiger partial charge is 0.322 e. The Balaban J connectivity index is 2.78. The summed E-state index contributed by atoms with van der Waals surface area (Å²) < 4.78 is 0. The number of anilines is 1. The Bertz CT molecular complexity index is 438. The van der Waals surface area contributed by atoms with Crippen LogP contribution >= 0.6 is 23.2 Å². The lowest BCUT2D eigenvalue weighted by atomic mass is 10.3. The van der Waals surface area contributed by atoms with Crippen LogP contribution in [0.25, 0.3) is 0 Å². The number of aliphatic hydroxyl groups is 1. The second-order valence-electron chi connectivity index (χ2n) is 3.49. The van der Waals surface area contributed by atoms with E-state index in [2.05, 4.69) is 11.9 Å². The molecule has 98 valence electrons. The van der Waals surface area contributed by atoms with Gasteiger partial charge in [0.15, 0.2) is 0 Å². The number of aliphatic hydroxyl groups excluding tert-OH is 1. The van der Waals surface area contributed by atoms with Crippen LogP contribution in [-0.2, 0) is 0 Å². The van der Waals surface area contributed by atoms with Crippen LogP contribution in [0.15, 0.2) is 30.9 Å². The fourth-order valence-corrected chi connectivity index (χ4v) is 1.69. The van der Waals surface area contributed by atoms with Crippen molar-refractivity contribution in [2.45, 2.75) is 0 Å². The fraction of sp³-hybridized carbons (Fsp3) is 0.250. The Morgan fingerprint density at radius 1 is 1.50 bits per heavy atom. The van der Waals surface area contributed by atoms with Crippen LogP contribution < -0.4 is 5.32 Å². The van der Waals surface area contributed by atoms with Crippen LogP contribution in [0.5, 0.6) is 0 Å². The Labute approximate surface area is 116 Å². The molecule has 18 heavy (non-hydrogen) atoms. The standard InChI is InChI=1S/C12H14Cl2N2O2/c1-2-6-16(7-8-17)12(18)15-10-5-3-4-9(13)11(10)14/h2-5,17H,1,6-8H2,(H,15,18). The molecule has 0 radical (unpaired) electrons. The third-order valence-electron chi connectivity index (χ3n) is 2.20. The number of nitrogens with one attached hydrogen (secondary N) is 1. The molecule has 0 aliphatic rings. The number of halogens is 2. The van der Waals surface area contributed by atoms with E-state index >= 15 is 0 Å². The molecule has 0 atom stereocenters. The lowest BCUT2D eigenvalue weighted by molar-refractivity contribution is 0.195. The van der Waals surface area contributed by atoms with Crippen molar-refractivity contribution in [3.8, 4) is 0 Å². The SMILES string of the molecule is C=CCN(CCO)C(=O)Nc1cccc(Cl)c1Cl. The van der Waals surface area contributed by atoms with Crippen LogP contribution in [0, 0.1) is 0 Å². The average Bonchev–Trinajstić information content (AvgIpc) is 2.34. The lowest BCUT2D eigenvalue weighted by Crippen LogP contribution is -2.37. The van der Waals surface area contributed by atoms with E-state index in [4.69, 9.17) is 28.3 Å². The Hall–Kier alpha value is -1.23. The van der Waals surface area contributed by atoms with Gasteiger partial charge in [-0.2, -0.15) is 0 Å². The van der Waals surface area contributed by atoms with Crippen molar-refractivity contribution in [2.75, 3.05) is 25.0 Å². The van der Waals surface area contributed by atoms with Gasteiger partial charge >= 0.3 is 6.03 Å². The Morgan fingerprint density at radius 2 is 2.22 bits per heavy atom. The molecule has 1 rings (SSSR count). The number of rotatable bonds is 5. The molecule has 0 aromatic heterocycles. The molecule has 0 fully saturated rings. The number of carbonyl (C=O) groups excluding carboxylic acids is 1. The van der Waals surface area contributed by atoms with Gasteiger partial charge in [-0.15, -0.1) is 6.58 Å². The van der Waals surface area contributed by atoms with Crippen LogP contribution in [0.4, 0.5) is 10.5 Å². The number of carbonyl (C=O) groups is 1. The van der Waals surface area contributed by atoms with E-state index in [0.717, 1.165) is 0 Å². The van der Waals surface area contributed by atoms with Crippen LogP contribution in [0.3, 0.4) is 0 Å². The third kappa shape index (κ3) is 3.91. The van der Waals surface area contributed by atoms with E-state index in [1.807, 2.05) is 0 Å². The maximum absolute atomic E-state index is 11.9. The summed E-state index contributed by atoms with van der Waals surface area (Å²) in [6, 6.07) is 4.60. The summed E-state index contributed by atoms with van der Waals surface area (Å²) in [5.74, 6) is 0. The highest BCUT2D eigenvalue weighted by Crippen LogP contribution is 2.29.